The van der Waals surface area contributed by atoms with E-state index in [1.54, 1.807) is 12.1 Å². The van der Waals surface area contributed by atoms with E-state index in [1.165, 1.54) is 29.5 Å². The molecule has 0 saturated carbocycles. The SMILES string of the molecule is O=C(O)/C=C/c1ccc(COc2coc(CN3Cc4ccccc4C3)cc2=O)cc1. The molecular formula is C24H21NO5. The Morgan fingerprint density at radius 3 is 2.43 bits per heavy atom. The van der Waals surface area contributed by atoms with Gasteiger partial charge < -0.3 is 14.3 Å². The van der Waals surface area contributed by atoms with Crippen LogP contribution in [0.1, 0.15) is 28.0 Å². The quantitative estimate of drug-likeness (QED) is 0.604. The largest absolute Gasteiger partial charge is 0.482 e. The predicted molar refractivity (Wildman–Crippen MR) is 112 cm³/mol. The molecule has 1 aliphatic heterocycles. The number of carboxylic acids is 1. The van der Waals surface area contributed by atoms with Crippen molar-refractivity contribution in [3.8, 4) is 5.75 Å². The fraction of sp³-hybridized carbons (Fsp3) is 0.167. The number of carbonyl (C=O) groups is 1. The van der Waals surface area contributed by atoms with Gasteiger partial charge >= 0.3 is 5.97 Å². The molecule has 0 radical (unpaired) electrons. The minimum absolute atomic E-state index is 0.165. The molecule has 0 atom stereocenters. The van der Waals surface area contributed by atoms with Gasteiger partial charge in [0.1, 0.15) is 18.6 Å². The minimum atomic E-state index is -0.994. The first-order valence-electron chi connectivity index (χ1n) is 9.60. The second kappa shape index (κ2) is 8.80. The van der Waals surface area contributed by atoms with Crippen LogP contribution < -0.4 is 10.2 Å². The van der Waals surface area contributed by atoms with Crippen molar-refractivity contribution < 1.29 is 19.1 Å². The van der Waals surface area contributed by atoms with Gasteiger partial charge in [0.05, 0.1) is 6.54 Å². The molecule has 4 rings (SSSR count). The van der Waals surface area contributed by atoms with E-state index in [4.69, 9.17) is 14.3 Å². The van der Waals surface area contributed by atoms with Crippen molar-refractivity contribution in [2.75, 3.05) is 0 Å². The molecule has 1 aromatic heterocycles. The number of ether oxygens (including phenoxy) is 1. The molecule has 2 aromatic carbocycles. The molecule has 0 bridgehead atoms. The Bertz CT molecular complexity index is 1110. The van der Waals surface area contributed by atoms with Gasteiger partial charge in [0.15, 0.2) is 0 Å². The smallest absolute Gasteiger partial charge is 0.328 e. The number of aliphatic carboxylic acids is 1. The Morgan fingerprint density at radius 2 is 1.80 bits per heavy atom. The van der Waals surface area contributed by atoms with Crippen LogP contribution in [0.2, 0.25) is 0 Å². The summed E-state index contributed by atoms with van der Waals surface area (Å²) in [5.41, 5.74) is 4.04. The van der Waals surface area contributed by atoms with E-state index in [0.29, 0.717) is 12.3 Å². The van der Waals surface area contributed by atoms with E-state index in [0.717, 1.165) is 30.3 Å². The minimum Gasteiger partial charge on any atom is -0.482 e. The number of fused-ring (bicyclic) bond motifs is 1. The van der Waals surface area contributed by atoms with Crippen molar-refractivity contribution >= 4 is 12.0 Å². The summed E-state index contributed by atoms with van der Waals surface area (Å²) < 4.78 is 11.2. The molecule has 0 aliphatic carbocycles. The van der Waals surface area contributed by atoms with Crippen LogP contribution in [0.4, 0.5) is 0 Å². The van der Waals surface area contributed by atoms with Crippen LogP contribution >= 0.6 is 0 Å². The second-order valence-electron chi connectivity index (χ2n) is 7.19. The summed E-state index contributed by atoms with van der Waals surface area (Å²) in [6, 6.07) is 17.0. The summed E-state index contributed by atoms with van der Waals surface area (Å²) in [5, 5.41) is 8.66. The zero-order chi connectivity index (χ0) is 20.9. The maximum Gasteiger partial charge on any atom is 0.328 e. The van der Waals surface area contributed by atoms with E-state index in [-0.39, 0.29) is 17.8 Å². The molecule has 0 unspecified atom stereocenters. The van der Waals surface area contributed by atoms with Gasteiger partial charge in [-0.05, 0) is 28.3 Å². The van der Waals surface area contributed by atoms with Gasteiger partial charge in [-0.25, -0.2) is 4.79 Å². The molecule has 6 heteroatoms. The van der Waals surface area contributed by atoms with Crippen molar-refractivity contribution in [1.29, 1.82) is 0 Å². The third kappa shape index (κ3) is 4.85. The number of rotatable bonds is 7. The standard InChI is InChI=1S/C24H21NO5/c26-22-11-21(14-25-12-19-3-1-2-4-20(19)13-25)29-16-23(22)30-15-18-7-5-17(6-8-18)9-10-24(27)28/h1-11,16H,12-15H2,(H,27,28)/b10-9+. The molecule has 3 aromatic rings. The summed E-state index contributed by atoms with van der Waals surface area (Å²) in [6.45, 7) is 2.47. The molecule has 30 heavy (non-hydrogen) atoms. The number of carboxylic acid groups (broad SMARTS) is 1. The summed E-state index contributed by atoms with van der Waals surface area (Å²) in [7, 11) is 0. The Kier molecular flexibility index (Phi) is 5.77. The summed E-state index contributed by atoms with van der Waals surface area (Å²) in [4.78, 5) is 25.2. The molecule has 0 spiro atoms. The highest BCUT2D eigenvalue weighted by molar-refractivity contribution is 5.85. The van der Waals surface area contributed by atoms with Crippen molar-refractivity contribution in [3.63, 3.8) is 0 Å². The number of benzene rings is 2. The Balaban J connectivity index is 1.34. The topological polar surface area (TPSA) is 80.0 Å². The van der Waals surface area contributed by atoms with Crippen LogP contribution in [0.3, 0.4) is 0 Å². The average molecular weight is 403 g/mol. The first kappa shape index (κ1) is 19.7. The summed E-state index contributed by atoms with van der Waals surface area (Å²) in [6.07, 6.45) is 3.96. The van der Waals surface area contributed by atoms with Crippen molar-refractivity contribution in [1.82, 2.24) is 4.90 Å². The fourth-order valence-electron chi connectivity index (χ4n) is 3.42. The van der Waals surface area contributed by atoms with Crippen LogP contribution in [0, 0.1) is 0 Å². The highest BCUT2D eigenvalue weighted by atomic mass is 16.5. The lowest BCUT2D eigenvalue weighted by Gasteiger charge is -2.14. The Hall–Kier alpha value is -3.64. The molecule has 152 valence electrons. The van der Waals surface area contributed by atoms with Gasteiger partial charge in [-0.3, -0.25) is 9.69 Å². The van der Waals surface area contributed by atoms with Crippen molar-refractivity contribution in [3.05, 3.63) is 105 Å². The molecular weight excluding hydrogens is 382 g/mol. The highest BCUT2D eigenvalue weighted by Crippen LogP contribution is 2.24. The predicted octanol–water partition coefficient (Wildman–Crippen LogP) is 3.83. The molecule has 0 fully saturated rings. The van der Waals surface area contributed by atoms with E-state index < -0.39 is 5.97 Å². The van der Waals surface area contributed by atoms with E-state index in [1.807, 2.05) is 24.3 Å². The van der Waals surface area contributed by atoms with Crippen molar-refractivity contribution in [2.24, 2.45) is 0 Å². The second-order valence-corrected chi connectivity index (χ2v) is 7.19. The monoisotopic (exact) mass is 403 g/mol. The molecule has 6 nitrogen and oxygen atoms in total. The Morgan fingerprint density at radius 1 is 1.10 bits per heavy atom. The highest BCUT2D eigenvalue weighted by Gasteiger charge is 2.19. The number of hydrogen-bond donors (Lipinski definition) is 1. The van der Waals surface area contributed by atoms with Crippen LogP contribution in [0.5, 0.6) is 5.75 Å². The lowest BCUT2D eigenvalue weighted by molar-refractivity contribution is -0.131. The average Bonchev–Trinajstić information content (AvgIpc) is 3.14. The van der Waals surface area contributed by atoms with Crippen LogP contribution in [0.15, 0.2) is 76.1 Å². The van der Waals surface area contributed by atoms with Gasteiger partial charge in [-0.15, -0.1) is 0 Å². The van der Waals surface area contributed by atoms with Gasteiger partial charge in [0.25, 0.3) is 0 Å². The van der Waals surface area contributed by atoms with Gasteiger partial charge in [0.2, 0.25) is 11.2 Å². The maximum absolute atomic E-state index is 12.4. The molecule has 2 heterocycles. The van der Waals surface area contributed by atoms with Crippen LogP contribution in [-0.4, -0.2) is 16.0 Å². The molecule has 1 N–H and O–H groups in total. The first-order valence-corrected chi connectivity index (χ1v) is 9.60. The van der Waals surface area contributed by atoms with Gasteiger partial charge in [0, 0.05) is 25.2 Å². The fourth-order valence-corrected chi connectivity index (χ4v) is 3.42. The molecule has 1 aliphatic rings. The van der Waals surface area contributed by atoms with Crippen LogP contribution in [-0.2, 0) is 31.0 Å². The van der Waals surface area contributed by atoms with E-state index in [2.05, 4.69) is 17.0 Å². The van der Waals surface area contributed by atoms with Gasteiger partial charge in [-0.1, -0.05) is 48.5 Å². The lowest BCUT2D eigenvalue weighted by atomic mass is 10.1. The number of hydrogen-bond acceptors (Lipinski definition) is 5. The van der Waals surface area contributed by atoms with Gasteiger partial charge in [-0.2, -0.15) is 0 Å². The first-order chi connectivity index (χ1) is 14.6. The summed E-state index contributed by atoms with van der Waals surface area (Å²) in [5.74, 6) is -0.222. The number of nitrogens with zero attached hydrogens (tertiary/aromatic N) is 1. The normalized spacial score (nSPS) is 13.5. The lowest BCUT2D eigenvalue weighted by Crippen LogP contribution is -2.17. The third-order valence-electron chi connectivity index (χ3n) is 4.93. The molecule has 0 saturated heterocycles. The van der Waals surface area contributed by atoms with E-state index >= 15 is 0 Å². The molecule has 0 amide bonds. The Labute approximate surface area is 173 Å². The zero-order valence-corrected chi connectivity index (χ0v) is 16.3. The summed E-state index contributed by atoms with van der Waals surface area (Å²) >= 11 is 0. The van der Waals surface area contributed by atoms with E-state index in [9.17, 15) is 9.59 Å². The third-order valence-corrected chi connectivity index (χ3v) is 4.93. The van der Waals surface area contributed by atoms with Crippen LogP contribution in [0.25, 0.3) is 6.08 Å². The van der Waals surface area contributed by atoms with Crippen molar-refractivity contribution in [2.45, 2.75) is 26.2 Å². The zero-order valence-electron chi connectivity index (χ0n) is 16.3. The maximum atomic E-state index is 12.4.